The zero-order chi connectivity index (χ0) is 21.5. The number of carbonyl (C=O) groups is 1. The Morgan fingerprint density at radius 3 is 2.60 bits per heavy atom. The Morgan fingerprint density at radius 2 is 1.90 bits per heavy atom. The predicted molar refractivity (Wildman–Crippen MR) is 113 cm³/mol. The summed E-state index contributed by atoms with van der Waals surface area (Å²) in [5.41, 5.74) is 0.659. The van der Waals surface area contributed by atoms with E-state index in [-0.39, 0.29) is 24.2 Å². The monoisotopic (exact) mass is 423 g/mol. The van der Waals surface area contributed by atoms with Crippen LogP contribution in [0.2, 0.25) is 0 Å². The third-order valence-corrected chi connectivity index (χ3v) is 5.52. The van der Waals surface area contributed by atoms with Crippen molar-refractivity contribution in [3.05, 3.63) is 24.3 Å². The van der Waals surface area contributed by atoms with Gasteiger partial charge in [-0.05, 0) is 31.4 Å². The molecular weight excluding hydrogens is 392 g/mol. The van der Waals surface area contributed by atoms with Crippen LogP contribution in [-0.4, -0.2) is 69.2 Å². The van der Waals surface area contributed by atoms with Gasteiger partial charge in [-0.1, -0.05) is 25.0 Å². The SMILES string of the molecule is CN(C)C(=O)CN=C(NC1CCCC1)NC1CCN(c2ccccc2OC(F)F)C1. The highest BCUT2D eigenvalue weighted by Gasteiger charge is 2.27. The number of benzene rings is 1. The molecule has 0 spiro atoms. The summed E-state index contributed by atoms with van der Waals surface area (Å²) in [7, 11) is 3.42. The van der Waals surface area contributed by atoms with Crippen LogP contribution in [0.1, 0.15) is 32.1 Å². The number of likely N-dealkylation sites (N-methyl/N-ethyl adjacent to an activating group) is 1. The molecule has 0 bridgehead atoms. The lowest BCUT2D eigenvalue weighted by Gasteiger charge is -2.23. The highest BCUT2D eigenvalue weighted by atomic mass is 19.3. The number of hydrogen-bond acceptors (Lipinski definition) is 4. The smallest absolute Gasteiger partial charge is 0.387 e. The lowest BCUT2D eigenvalue weighted by Crippen LogP contribution is -2.48. The molecule has 1 amide bonds. The van der Waals surface area contributed by atoms with Gasteiger partial charge in [0, 0.05) is 39.3 Å². The molecule has 0 radical (unpaired) electrons. The van der Waals surface area contributed by atoms with Gasteiger partial charge in [-0.3, -0.25) is 4.79 Å². The largest absolute Gasteiger partial charge is 0.433 e. The van der Waals surface area contributed by atoms with E-state index < -0.39 is 6.61 Å². The van der Waals surface area contributed by atoms with Gasteiger partial charge < -0.3 is 25.2 Å². The minimum absolute atomic E-state index is 0.0614. The number of alkyl halides is 2. The van der Waals surface area contributed by atoms with E-state index >= 15 is 0 Å². The van der Waals surface area contributed by atoms with Crippen LogP contribution in [0.3, 0.4) is 0 Å². The first-order chi connectivity index (χ1) is 14.4. The molecule has 1 saturated heterocycles. The number of carbonyl (C=O) groups excluding carboxylic acids is 1. The predicted octanol–water partition coefficient (Wildman–Crippen LogP) is 2.43. The van der Waals surface area contributed by atoms with Crippen molar-refractivity contribution in [1.29, 1.82) is 0 Å². The van der Waals surface area contributed by atoms with Gasteiger partial charge in [-0.15, -0.1) is 0 Å². The number of para-hydroxylation sites is 2. The van der Waals surface area contributed by atoms with Crippen molar-refractivity contribution >= 4 is 17.6 Å². The standard InChI is InChI=1S/C21H31F2N5O2/c1-27(2)19(29)13-24-21(25-15-7-3-4-8-15)26-16-11-12-28(14-16)17-9-5-6-10-18(17)30-20(22)23/h5-6,9-10,15-16,20H,3-4,7-8,11-14H2,1-2H3,(H2,24,25,26). The third-order valence-electron chi connectivity index (χ3n) is 5.52. The van der Waals surface area contributed by atoms with Crippen LogP contribution in [0.15, 0.2) is 29.3 Å². The van der Waals surface area contributed by atoms with Gasteiger partial charge in [0.1, 0.15) is 12.3 Å². The molecule has 9 heteroatoms. The van der Waals surface area contributed by atoms with Gasteiger partial charge in [0.2, 0.25) is 5.91 Å². The molecule has 1 aliphatic heterocycles. The fourth-order valence-corrected chi connectivity index (χ4v) is 3.89. The average Bonchev–Trinajstić information content (AvgIpc) is 3.38. The van der Waals surface area contributed by atoms with Crippen LogP contribution >= 0.6 is 0 Å². The summed E-state index contributed by atoms with van der Waals surface area (Å²) < 4.78 is 30.1. The van der Waals surface area contributed by atoms with E-state index in [4.69, 9.17) is 0 Å². The summed E-state index contributed by atoms with van der Waals surface area (Å²) >= 11 is 0. The van der Waals surface area contributed by atoms with Gasteiger partial charge >= 0.3 is 6.61 Å². The zero-order valence-electron chi connectivity index (χ0n) is 17.6. The van der Waals surface area contributed by atoms with Crippen molar-refractivity contribution in [2.75, 3.05) is 38.6 Å². The number of nitrogens with one attached hydrogen (secondary N) is 2. The number of amides is 1. The molecule has 1 aliphatic carbocycles. The first kappa shape index (κ1) is 22.1. The zero-order valence-corrected chi connectivity index (χ0v) is 17.6. The van der Waals surface area contributed by atoms with E-state index in [1.165, 1.54) is 17.7 Å². The van der Waals surface area contributed by atoms with Crippen molar-refractivity contribution in [2.24, 2.45) is 4.99 Å². The molecule has 1 unspecified atom stereocenters. The van der Waals surface area contributed by atoms with Crippen molar-refractivity contribution < 1.29 is 18.3 Å². The van der Waals surface area contributed by atoms with Crippen molar-refractivity contribution in [2.45, 2.75) is 50.8 Å². The number of ether oxygens (including phenoxy) is 1. The first-order valence-electron chi connectivity index (χ1n) is 10.5. The summed E-state index contributed by atoms with van der Waals surface area (Å²) in [6.07, 6.45) is 5.41. The lowest BCUT2D eigenvalue weighted by atomic mass is 10.2. The number of aliphatic imine (C=N–C) groups is 1. The van der Waals surface area contributed by atoms with Gasteiger partial charge in [-0.2, -0.15) is 8.78 Å². The minimum Gasteiger partial charge on any atom is -0.433 e. The van der Waals surface area contributed by atoms with E-state index in [0.717, 1.165) is 19.3 Å². The van der Waals surface area contributed by atoms with Crippen LogP contribution in [0, 0.1) is 0 Å². The lowest BCUT2D eigenvalue weighted by molar-refractivity contribution is -0.127. The van der Waals surface area contributed by atoms with Gasteiger partial charge in [0.15, 0.2) is 5.96 Å². The van der Waals surface area contributed by atoms with E-state index in [9.17, 15) is 13.6 Å². The maximum absolute atomic E-state index is 12.7. The summed E-state index contributed by atoms with van der Waals surface area (Å²) in [5, 5.41) is 6.89. The fraction of sp³-hybridized carbons (Fsp3) is 0.619. The topological polar surface area (TPSA) is 69.2 Å². The molecule has 2 aliphatic rings. The number of guanidine groups is 1. The molecule has 1 aromatic rings. The molecule has 2 fully saturated rings. The molecule has 0 aromatic heterocycles. The molecule has 1 saturated carbocycles. The Morgan fingerprint density at radius 1 is 1.20 bits per heavy atom. The maximum atomic E-state index is 12.7. The van der Waals surface area contributed by atoms with E-state index in [0.29, 0.717) is 30.8 Å². The average molecular weight is 424 g/mol. The second-order valence-electron chi connectivity index (χ2n) is 8.00. The molecule has 30 heavy (non-hydrogen) atoms. The van der Waals surface area contributed by atoms with Crippen LogP contribution in [-0.2, 0) is 4.79 Å². The molecule has 166 valence electrons. The highest BCUT2D eigenvalue weighted by Crippen LogP contribution is 2.31. The molecule has 1 aromatic carbocycles. The quantitative estimate of drug-likeness (QED) is 0.521. The third kappa shape index (κ3) is 6.21. The Hall–Kier alpha value is -2.58. The fourth-order valence-electron chi connectivity index (χ4n) is 3.89. The van der Waals surface area contributed by atoms with Crippen LogP contribution in [0.5, 0.6) is 5.75 Å². The Bertz CT molecular complexity index is 738. The normalized spacial score (nSPS) is 20.0. The second kappa shape index (κ2) is 10.4. The highest BCUT2D eigenvalue weighted by molar-refractivity contribution is 5.85. The first-order valence-corrected chi connectivity index (χ1v) is 10.5. The molecular formula is C21H31F2N5O2. The van der Waals surface area contributed by atoms with Gasteiger partial charge in [0.05, 0.1) is 5.69 Å². The van der Waals surface area contributed by atoms with Crippen molar-refractivity contribution in [3.63, 3.8) is 0 Å². The van der Waals surface area contributed by atoms with E-state index in [1.54, 1.807) is 32.3 Å². The molecule has 3 rings (SSSR count). The number of halogens is 2. The molecule has 1 heterocycles. The van der Waals surface area contributed by atoms with Crippen LogP contribution < -0.4 is 20.3 Å². The van der Waals surface area contributed by atoms with Gasteiger partial charge in [-0.25, -0.2) is 4.99 Å². The molecule has 7 nitrogen and oxygen atoms in total. The Labute approximate surface area is 176 Å². The summed E-state index contributed by atoms with van der Waals surface area (Å²) in [6.45, 7) is -1.42. The number of nitrogens with zero attached hydrogens (tertiary/aromatic N) is 3. The maximum Gasteiger partial charge on any atom is 0.387 e. The van der Waals surface area contributed by atoms with E-state index in [2.05, 4.69) is 20.4 Å². The molecule has 2 N–H and O–H groups in total. The summed E-state index contributed by atoms with van der Waals surface area (Å²) in [5.74, 6) is 0.761. The van der Waals surface area contributed by atoms with Gasteiger partial charge in [0.25, 0.3) is 0 Å². The van der Waals surface area contributed by atoms with Crippen LogP contribution in [0.4, 0.5) is 14.5 Å². The minimum atomic E-state index is -2.86. The summed E-state index contributed by atoms with van der Waals surface area (Å²) in [4.78, 5) is 20.0. The van der Waals surface area contributed by atoms with Crippen LogP contribution in [0.25, 0.3) is 0 Å². The number of rotatable bonds is 7. The Kier molecular flexibility index (Phi) is 7.70. The number of anilines is 1. The summed E-state index contributed by atoms with van der Waals surface area (Å²) in [6, 6.07) is 7.31. The van der Waals surface area contributed by atoms with Crippen molar-refractivity contribution in [3.8, 4) is 5.75 Å². The number of hydrogen-bond donors (Lipinski definition) is 2. The molecule has 1 atom stereocenters. The Balaban J connectivity index is 1.64. The second-order valence-corrected chi connectivity index (χ2v) is 8.00. The van der Waals surface area contributed by atoms with E-state index in [1.807, 2.05) is 11.0 Å². The van der Waals surface area contributed by atoms with Crippen molar-refractivity contribution in [1.82, 2.24) is 15.5 Å².